The monoisotopic (exact) mass is 353 g/mol. The molecule has 0 atom stereocenters. The maximum absolute atomic E-state index is 12.5. The minimum absolute atomic E-state index is 0.0612. The molecule has 128 valence electrons. The molecule has 1 fully saturated rings. The molecule has 4 rings (SSSR count). The highest BCUT2D eigenvalue weighted by molar-refractivity contribution is 7.03. The average Bonchev–Trinajstić information content (AvgIpc) is 3.16. The third kappa shape index (κ3) is 3.52. The highest BCUT2D eigenvalue weighted by Gasteiger charge is 2.23. The molecule has 4 heterocycles. The molecule has 0 unspecified atom stereocenters. The van der Waals surface area contributed by atoms with Crippen molar-refractivity contribution < 1.29 is 4.79 Å². The molecule has 0 aromatic carbocycles. The molecule has 6 nitrogen and oxygen atoms in total. The fourth-order valence-corrected chi connectivity index (χ4v) is 3.65. The number of amides is 1. The van der Waals surface area contributed by atoms with E-state index < -0.39 is 0 Å². The van der Waals surface area contributed by atoms with Crippen molar-refractivity contribution in [2.45, 2.75) is 12.8 Å². The lowest BCUT2D eigenvalue weighted by Crippen LogP contribution is -2.36. The van der Waals surface area contributed by atoms with E-state index in [1.165, 1.54) is 11.5 Å². The molecule has 1 amide bonds. The van der Waals surface area contributed by atoms with Gasteiger partial charge in [-0.1, -0.05) is 0 Å². The second-order valence-electron chi connectivity index (χ2n) is 6.47. The van der Waals surface area contributed by atoms with Gasteiger partial charge in [-0.2, -0.15) is 0 Å². The molecule has 0 saturated carbocycles. The van der Waals surface area contributed by atoms with Crippen LogP contribution in [0.4, 0.5) is 5.82 Å². The zero-order valence-electron chi connectivity index (χ0n) is 14.0. The number of carbonyl (C=O) groups excluding carboxylic acids is 1. The second-order valence-corrected chi connectivity index (χ2v) is 7.12. The standard InChI is InChI=1S/C18H19N5OS/c1-23-4-2-12(3-5-23)18(24)22-17-7-13-6-14(15-9-21-25-11-15)8-19-16(13)10-20-17/h6-12H,2-5H2,1H3,(H,20,22,24). The van der Waals surface area contributed by atoms with Crippen LogP contribution >= 0.6 is 11.5 Å². The van der Waals surface area contributed by atoms with Crippen molar-refractivity contribution in [3.63, 3.8) is 0 Å². The van der Waals surface area contributed by atoms with Crippen molar-refractivity contribution in [3.8, 4) is 11.1 Å². The summed E-state index contributed by atoms with van der Waals surface area (Å²) in [5.74, 6) is 0.708. The van der Waals surface area contributed by atoms with E-state index in [2.05, 4.69) is 37.7 Å². The van der Waals surface area contributed by atoms with Crippen LogP contribution in [0.5, 0.6) is 0 Å². The lowest BCUT2D eigenvalue weighted by Gasteiger charge is -2.27. The summed E-state index contributed by atoms with van der Waals surface area (Å²) < 4.78 is 4.13. The molecule has 0 radical (unpaired) electrons. The van der Waals surface area contributed by atoms with E-state index >= 15 is 0 Å². The summed E-state index contributed by atoms with van der Waals surface area (Å²) in [6.07, 6.45) is 7.15. The van der Waals surface area contributed by atoms with E-state index in [4.69, 9.17) is 0 Å². The number of aromatic nitrogens is 3. The number of anilines is 1. The second kappa shape index (κ2) is 6.85. The first-order chi connectivity index (χ1) is 12.2. The molecule has 25 heavy (non-hydrogen) atoms. The smallest absolute Gasteiger partial charge is 0.228 e. The van der Waals surface area contributed by atoms with Gasteiger partial charge in [0.1, 0.15) is 5.82 Å². The zero-order valence-corrected chi connectivity index (χ0v) is 14.8. The number of nitrogens with zero attached hydrogens (tertiary/aromatic N) is 4. The van der Waals surface area contributed by atoms with Crippen molar-refractivity contribution in [2.24, 2.45) is 5.92 Å². The van der Waals surface area contributed by atoms with Crippen LogP contribution in [0, 0.1) is 5.92 Å². The topological polar surface area (TPSA) is 71.0 Å². The van der Waals surface area contributed by atoms with Gasteiger partial charge in [0.05, 0.1) is 11.7 Å². The Balaban J connectivity index is 1.54. The van der Waals surface area contributed by atoms with Crippen LogP contribution in [0.1, 0.15) is 12.8 Å². The Labute approximate surface area is 150 Å². The maximum Gasteiger partial charge on any atom is 0.228 e. The fourth-order valence-electron chi connectivity index (χ4n) is 3.10. The Morgan fingerprint density at radius 1 is 1.16 bits per heavy atom. The van der Waals surface area contributed by atoms with Crippen LogP contribution < -0.4 is 5.32 Å². The summed E-state index contributed by atoms with van der Waals surface area (Å²) in [7, 11) is 2.09. The first-order valence-electron chi connectivity index (χ1n) is 8.34. The van der Waals surface area contributed by atoms with Crippen LogP contribution in [0.25, 0.3) is 22.0 Å². The molecule has 3 aromatic heterocycles. The van der Waals surface area contributed by atoms with Gasteiger partial charge < -0.3 is 10.2 Å². The predicted octanol–water partition coefficient (Wildman–Crippen LogP) is 3.03. The van der Waals surface area contributed by atoms with Gasteiger partial charge in [0, 0.05) is 40.2 Å². The van der Waals surface area contributed by atoms with Gasteiger partial charge in [-0.05, 0) is 56.6 Å². The van der Waals surface area contributed by atoms with Gasteiger partial charge in [-0.15, -0.1) is 0 Å². The molecule has 1 aliphatic rings. The summed E-state index contributed by atoms with van der Waals surface area (Å²) in [4.78, 5) is 23.5. The summed E-state index contributed by atoms with van der Waals surface area (Å²) in [5.41, 5.74) is 2.87. The number of carbonyl (C=O) groups is 1. The minimum Gasteiger partial charge on any atom is -0.310 e. The SMILES string of the molecule is CN1CCC(C(=O)Nc2cc3cc(-c4cnsc4)cnc3cn2)CC1. The summed E-state index contributed by atoms with van der Waals surface area (Å²) in [5, 5.41) is 5.91. The van der Waals surface area contributed by atoms with Crippen molar-refractivity contribution in [1.82, 2.24) is 19.2 Å². The minimum atomic E-state index is 0.0612. The molecule has 1 N–H and O–H groups in total. The summed E-state index contributed by atoms with van der Waals surface area (Å²) >= 11 is 1.42. The van der Waals surface area contributed by atoms with Gasteiger partial charge in [-0.3, -0.25) is 9.78 Å². The number of pyridine rings is 2. The number of likely N-dealkylation sites (tertiary alicyclic amines) is 1. The first-order valence-corrected chi connectivity index (χ1v) is 9.18. The molecule has 0 spiro atoms. The lowest BCUT2D eigenvalue weighted by molar-refractivity contribution is -0.121. The fraction of sp³-hybridized carbons (Fsp3) is 0.333. The highest BCUT2D eigenvalue weighted by atomic mass is 32.1. The van der Waals surface area contributed by atoms with Crippen LogP contribution in [0.3, 0.4) is 0 Å². The quantitative estimate of drug-likeness (QED) is 0.784. The van der Waals surface area contributed by atoms with E-state index in [0.717, 1.165) is 48.0 Å². The van der Waals surface area contributed by atoms with Crippen molar-refractivity contribution in [3.05, 3.63) is 36.1 Å². The molecule has 7 heteroatoms. The lowest BCUT2D eigenvalue weighted by atomic mass is 9.96. The Morgan fingerprint density at radius 3 is 2.76 bits per heavy atom. The number of hydrogen-bond donors (Lipinski definition) is 1. The molecule has 1 aliphatic heterocycles. The molecule has 0 bridgehead atoms. The maximum atomic E-state index is 12.5. The largest absolute Gasteiger partial charge is 0.310 e. The van der Waals surface area contributed by atoms with Gasteiger partial charge in [-0.25, -0.2) is 9.36 Å². The van der Waals surface area contributed by atoms with Gasteiger partial charge >= 0.3 is 0 Å². The van der Waals surface area contributed by atoms with Crippen LogP contribution in [0.15, 0.2) is 36.1 Å². The number of rotatable bonds is 3. The molecular formula is C18H19N5OS. The highest BCUT2D eigenvalue weighted by Crippen LogP contribution is 2.25. The van der Waals surface area contributed by atoms with E-state index in [1.54, 1.807) is 6.20 Å². The normalized spacial score (nSPS) is 16.2. The Kier molecular flexibility index (Phi) is 4.42. The molecular weight excluding hydrogens is 334 g/mol. The zero-order chi connectivity index (χ0) is 17.2. The summed E-state index contributed by atoms with van der Waals surface area (Å²) in [6.45, 7) is 1.93. The molecule has 0 aliphatic carbocycles. The van der Waals surface area contributed by atoms with Crippen molar-refractivity contribution >= 4 is 34.2 Å². The van der Waals surface area contributed by atoms with E-state index in [0.29, 0.717) is 5.82 Å². The van der Waals surface area contributed by atoms with E-state index in [9.17, 15) is 4.79 Å². The number of piperidine rings is 1. The Hall–Kier alpha value is -2.38. The Morgan fingerprint density at radius 2 is 2.00 bits per heavy atom. The third-order valence-electron chi connectivity index (χ3n) is 4.67. The number of nitrogens with one attached hydrogen (secondary N) is 1. The molecule has 1 saturated heterocycles. The van der Waals surface area contributed by atoms with E-state index in [1.807, 2.05) is 23.8 Å². The summed E-state index contributed by atoms with van der Waals surface area (Å²) in [6, 6.07) is 3.94. The van der Waals surface area contributed by atoms with Gasteiger partial charge in [0.15, 0.2) is 0 Å². The molecule has 3 aromatic rings. The van der Waals surface area contributed by atoms with Gasteiger partial charge in [0.2, 0.25) is 5.91 Å². The van der Waals surface area contributed by atoms with Gasteiger partial charge in [0.25, 0.3) is 0 Å². The van der Waals surface area contributed by atoms with Crippen LogP contribution in [-0.4, -0.2) is 45.3 Å². The van der Waals surface area contributed by atoms with Crippen LogP contribution in [-0.2, 0) is 4.79 Å². The van der Waals surface area contributed by atoms with Crippen LogP contribution in [0.2, 0.25) is 0 Å². The van der Waals surface area contributed by atoms with E-state index in [-0.39, 0.29) is 11.8 Å². The number of hydrogen-bond acceptors (Lipinski definition) is 6. The average molecular weight is 353 g/mol. The first kappa shape index (κ1) is 16.1. The predicted molar refractivity (Wildman–Crippen MR) is 99.5 cm³/mol. The number of fused-ring (bicyclic) bond motifs is 1. The Bertz CT molecular complexity index is 888. The van der Waals surface area contributed by atoms with Crippen molar-refractivity contribution in [1.29, 1.82) is 0 Å². The third-order valence-corrected chi connectivity index (χ3v) is 5.26. The van der Waals surface area contributed by atoms with Crippen molar-refractivity contribution in [2.75, 3.05) is 25.5 Å².